The van der Waals surface area contributed by atoms with Gasteiger partial charge in [0.2, 0.25) is 0 Å². The highest BCUT2D eigenvalue weighted by molar-refractivity contribution is 7.99. The Morgan fingerprint density at radius 3 is 2.75 bits per heavy atom. The van der Waals surface area contributed by atoms with Gasteiger partial charge in [-0.15, -0.1) is 11.8 Å². The minimum absolute atomic E-state index is 0.139. The number of pyridine rings is 1. The number of aromatic nitrogens is 1. The SMILES string of the molecule is CCc1ccc(CC(N)CSc2cccc(C)c2)nc1. The van der Waals surface area contributed by atoms with Gasteiger partial charge >= 0.3 is 0 Å². The Hall–Kier alpha value is -1.32. The summed E-state index contributed by atoms with van der Waals surface area (Å²) in [7, 11) is 0. The Labute approximate surface area is 125 Å². The zero-order chi connectivity index (χ0) is 14.4. The van der Waals surface area contributed by atoms with Gasteiger partial charge in [0.1, 0.15) is 0 Å². The number of thioether (sulfide) groups is 1. The van der Waals surface area contributed by atoms with Gasteiger partial charge in [-0.25, -0.2) is 0 Å². The number of hydrogen-bond donors (Lipinski definition) is 1. The maximum absolute atomic E-state index is 6.20. The third kappa shape index (κ3) is 4.66. The molecule has 1 aromatic heterocycles. The molecule has 2 aromatic rings. The average molecular weight is 286 g/mol. The summed E-state index contributed by atoms with van der Waals surface area (Å²) < 4.78 is 0. The average Bonchev–Trinajstić information content (AvgIpc) is 2.46. The molecular weight excluding hydrogens is 264 g/mol. The van der Waals surface area contributed by atoms with E-state index in [-0.39, 0.29) is 6.04 Å². The molecule has 2 N–H and O–H groups in total. The fraction of sp³-hybridized carbons (Fsp3) is 0.353. The number of nitrogens with zero attached hydrogens (tertiary/aromatic N) is 1. The number of rotatable bonds is 6. The lowest BCUT2D eigenvalue weighted by atomic mass is 10.1. The highest BCUT2D eigenvalue weighted by Gasteiger charge is 2.06. The molecule has 3 heteroatoms. The first-order valence-corrected chi connectivity index (χ1v) is 8.04. The number of hydrogen-bond acceptors (Lipinski definition) is 3. The fourth-order valence-corrected chi connectivity index (χ4v) is 2.99. The van der Waals surface area contributed by atoms with Crippen LogP contribution in [0.3, 0.4) is 0 Å². The van der Waals surface area contributed by atoms with Crippen LogP contribution in [-0.2, 0) is 12.8 Å². The molecule has 1 heterocycles. The summed E-state index contributed by atoms with van der Waals surface area (Å²) in [5, 5.41) is 0. The van der Waals surface area contributed by atoms with Crippen molar-refractivity contribution in [2.75, 3.05) is 5.75 Å². The molecule has 0 aliphatic rings. The van der Waals surface area contributed by atoms with E-state index >= 15 is 0 Å². The van der Waals surface area contributed by atoms with Crippen LogP contribution in [0.2, 0.25) is 0 Å². The second-order valence-electron chi connectivity index (χ2n) is 5.10. The maximum Gasteiger partial charge on any atom is 0.0419 e. The molecule has 0 fully saturated rings. The smallest absolute Gasteiger partial charge is 0.0419 e. The van der Waals surface area contributed by atoms with E-state index in [0.717, 1.165) is 24.3 Å². The van der Waals surface area contributed by atoms with Crippen LogP contribution in [0.1, 0.15) is 23.7 Å². The largest absolute Gasteiger partial charge is 0.327 e. The summed E-state index contributed by atoms with van der Waals surface area (Å²) >= 11 is 1.82. The van der Waals surface area contributed by atoms with E-state index in [1.807, 2.05) is 18.0 Å². The highest BCUT2D eigenvalue weighted by Crippen LogP contribution is 2.20. The molecule has 20 heavy (non-hydrogen) atoms. The topological polar surface area (TPSA) is 38.9 Å². The van der Waals surface area contributed by atoms with Crippen LogP contribution in [0.25, 0.3) is 0 Å². The fourth-order valence-electron chi connectivity index (χ4n) is 2.02. The van der Waals surface area contributed by atoms with Crippen LogP contribution in [0.4, 0.5) is 0 Å². The minimum Gasteiger partial charge on any atom is -0.327 e. The highest BCUT2D eigenvalue weighted by atomic mass is 32.2. The molecule has 1 atom stereocenters. The van der Waals surface area contributed by atoms with Crippen LogP contribution in [-0.4, -0.2) is 16.8 Å². The van der Waals surface area contributed by atoms with E-state index in [9.17, 15) is 0 Å². The van der Waals surface area contributed by atoms with Crippen molar-refractivity contribution < 1.29 is 0 Å². The zero-order valence-electron chi connectivity index (χ0n) is 12.2. The summed E-state index contributed by atoms with van der Waals surface area (Å²) in [6, 6.07) is 12.9. The predicted molar refractivity (Wildman–Crippen MR) is 87.2 cm³/mol. The summed E-state index contributed by atoms with van der Waals surface area (Å²) in [6.45, 7) is 4.25. The normalized spacial score (nSPS) is 12.3. The molecule has 2 nitrogen and oxygen atoms in total. The van der Waals surface area contributed by atoms with Crippen molar-refractivity contribution in [3.63, 3.8) is 0 Å². The zero-order valence-corrected chi connectivity index (χ0v) is 13.0. The van der Waals surface area contributed by atoms with Crippen LogP contribution < -0.4 is 5.73 Å². The van der Waals surface area contributed by atoms with E-state index < -0.39 is 0 Å². The quantitative estimate of drug-likeness (QED) is 0.824. The summed E-state index contributed by atoms with van der Waals surface area (Å²) in [5.41, 5.74) is 9.85. The van der Waals surface area contributed by atoms with Gasteiger partial charge < -0.3 is 5.73 Å². The molecule has 1 aromatic carbocycles. The van der Waals surface area contributed by atoms with E-state index in [1.165, 1.54) is 16.0 Å². The van der Waals surface area contributed by atoms with Gasteiger partial charge in [-0.3, -0.25) is 4.98 Å². The monoisotopic (exact) mass is 286 g/mol. The van der Waals surface area contributed by atoms with Crippen molar-refractivity contribution >= 4 is 11.8 Å². The van der Waals surface area contributed by atoms with Crippen molar-refractivity contribution in [3.8, 4) is 0 Å². The van der Waals surface area contributed by atoms with E-state index in [4.69, 9.17) is 5.73 Å². The van der Waals surface area contributed by atoms with Gasteiger partial charge in [-0.1, -0.05) is 30.7 Å². The van der Waals surface area contributed by atoms with Gasteiger partial charge in [0, 0.05) is 35.0 Å². The molecule has 1 unspecified atom stereocenters. The second kappa shape index (κ2) is 7.46. The molecule has 0 bridgehead atoms. The van der Waals surface area contributed by atoms with E-state index in [2.05, 4.69) is 55.2 Å². The maximum atomic E-state index is 6.20. The van der Waals surface area contributed by atoms with Gasteiger partial charge in [-0.2, -0.15) is 0 Å². The minimum atomic E-state index is 0.139. The second-order valence-corrected chi connectivity index (χ2v) is 6.20. The summed E-state index contributed by atoms with van der Waals surface area (Å²) in [5.74, 6) is 0.917. The van der Waals surface area contributed by atoms with Gasteiger partial charge in [0.25, 0.3) is 0 Å². The van der Waals surface area contributed by atoms with Crippen molar-refractivity contribution in [2.45, 2.75) is 37.6 Å². The molecule has 0 spiro atoms. The van der Waals surface area contributed by atoms with Crippen molar-refractivity contribution in [1.82, 2.24) is 4.98 Å². The van der Waals surface area contributed by atoms with Crippen LogP contribution >= 0.6 is 11.8 Å². The Balaban J connectivity index is 1.84. The number of benzene rings is 1. The molecule has 0 saturated carbocycles. The summed E-state index contributed by atoms with van der Waals surface area (Å²) in [4.78, 5) is 5.76. The first-order chi connectivity index (χ1) is 9.67. The van der Waals surface area contributed by atoms with Crippen molar-refractivity contribution in [1.29, 1.82) is 0 Å². The lowest BCUT2D eigenvalue weighted by molar-refractivity contribution is 0.731. The van der Waals surface area contributed by atoms with Crippen LogP contribution in [0, 0.1) is 6.92 Å². The lowest BCUT2D eigenvalue weighted by Crippen LogP contribution is -2.26. The first kappa shape index (κ1) is 15.1. The van der Waals surface area contributed by atoms with Gasteiger partial charge in [0.05, 0.1) is 0 Å². The first-order valence-electron chi connectivity index (χ1n) is 7.06. The molecule has 0 aliphatic carbocycles. The Bertz CT molecular complexity index is 537. The van der Waals surface area contributed by atoms with E-state index in [1.54, 1.807) is 0 Å². The lowest BCUT2D eigenvalue weighted by Gasteiger charge is -2.11. The standard InChI is InChI=1S/C17H22N2S/c1-3-14-7-8-16(19-11-14)10-15(18)12-20-17-6-4-5-13(2)9-17/h4-9,11,15H,3,10,12,18H2,1-2H3. The molecule has 2 rings (SSSR count). The van der Waals surface area contributed by atoms with Crippen molar-refractivity contribution in [2.24, 2.45) is 5.73 Å². The van der Waals surface area contributed by atoms with Gasteiger partial charge in [0.15, 0.2) is 0 Å². The third-order valence-corrected chi connectivity index (χ3v) is 4.40. The number of aryl methyl sites for hydroxylation is 2. The Morgan fingerprint density at radius 2 is 2.10 bits per heavy atom. The van der Waals surface area contributed by atoms with Crippen LogP contribution in [0.15, 0.2) is 47.5 Å². The third-order valence-electron chi connectivity index (χ3n) is 3.22. The molecule has 0 saturated heterocycles. The van der Waals surface area contributed by atoms with Crippen molar-refractivity contribution in [3.05, 3.63) is 59.4 Å². The number of nitrogens with two attached hydrogens (primary N) is 1. The van der Waals surface area contributed by atoms with E-state index in [0.29, 0.717) is 0 Å². The summed E-state index contributed by atoms with van der Waals surface area (Å²) in [6.07, 6.45) is 3.82. The van der Waals surface area contributed by atoms with Crippen LogP contribution in [0.5, 0.6) is 0 Å². The predicted octanol–water partition coefficient (Wildman–Crippen LogP) is 3.61. The Kier molecular flexibility index (Phi) is 5.62. The molecule has 0 radical (unpaired) electrons. The molecular formula is C17H22N2S. The van der Waals surface area contributed by atoms with Gasteiger partial charge in [-0.05, 0) is 37.1 Å². The molecule has 0 amide bonds. The Morgan fingerprint density at radius 1 is 1.25 bits per heavy atom. The molecule has 0 aliphatic heterocycles. The molecule has 106 valence electrons.